The zero-order valence-electron chi connectivity index (χ0n) is 16.3. The molecular formula is C20H26N2O5S. The van der Waals surface area contributed by atoms with Crippen molar-refractivity contribution in [3.8, 4) is 5.75 Å². The first-order chi connectivity index (χ1) is 13.3. The SMILES string of the molecule is COCCOc1ccc(CNC(=O)c2cccc(S(=O)(=O)NC(C)C)c2)cc1. The number of nitrogens with one attached hydrogen (secondary N) is 2. The Kier molecular flexibility index (Phi) is 7.98. The van der Waals surface area contributed by atoms with Crippen molar-refractivity contribution < 1.29 is 22.7 Å². The van der Waals surface area contributed by atoms with Gasteiger partial charge in [-0.2, -0.15) is 0 Å². The molecule has 2 aromatic rings. The lowest BCUT2D eigenvalue weighted by Gasteiger charge is -2.11. The summed E-state index contributed by atoms with van der Waals surface area (Å²) in [6.07, 6.45) is 0. The van der Waals surface area contributed by atoms with Crippen LogP contribution in [-0.2, 0) is 21.3 Å². The topological polar surface area (TPSA) is 93.7 Å². The van der Waals surface area contributed by atoms with Crippen LogP contribution in [0.2, 0.25) is 0 Å². The molecule has 0 unspecified atom stereocenters. The predicted octanol–water partition coefficient (Wildman–Crippen LogP) is 2.33. The molecule has 1 amide bonds. The van der Waals surface area contributed by atoms with Crippen molar-refractivity contribution in [1.29, 1.82) is 0 Å². The Balaban J connectivity index is 1.97. The monoisotopic (exact) mass is 406 g/mol. The smallest absolute Gasteiger partial charge is 0.251 e. The number of carbonyl (C=O) groups is 1. The molecule has 0 saturated heterocycles. The Hall–Kier alpha value is -2.42. The summed E-state index contributed by atoms with van der Waals surface area (Å²) in [7, 11) is -2.04. The molecule has 0 spiro atoms. The van der Waals surface area contributed by atoms with E-state index >= 15 is 0 Å². The van der Waals surface area contributed by atoms with E-state index in [1.807, 2.05) is 24.3 Å². The van der Waals surface area contributed by atoms with Gasteiger partial charge in [0.05, 0.1) is 11.5 Å². The Morgan fingerprint density at radius 3 is 2.43 bits per heavy atom. The number of ether oxygens (including phenoxy) is 2. The Morgan fingerprint density at radius 2 is 1.79 bits per heavy atom. The van der Waals surface area contributed by atoms with E-state index in [1.165, 1.54) is 12.1 Å². The largest absolute Gasteiger partial charge is 0.491 e. The second-order valence-corrected chi connectivity index (χ2v) is 8.19. The number of carbonyl (C=O) groups excluding carboxylic acids is 1. The summed E-state index contributed by atoms with van der Waals surface area (Å²) in [6, 6.07) is 13.1. The molecule has 2 aromatic carbocycles. The van der Waals surface area contributed by atoms with Crippen molar-refractivity contribution in [3.05, 3.63) is 59.7 Å². The second-order valence-electron chi connectivity index (χ2n) is 6.47. The highest BCUT2D eigenvalue weighted by molar-refractivity contribution is 7.89. The van der Waals surface area contributed by atoms with Gasteiger partial charge < -0.3 is 14.8 Å². The van der Waals surface area contributed by atoms with Gasteiger partial charge in [0.2, 0.25) is 10.0 Å². The molecule has 0 aliphatic rings. The molecule has 0 aliphatic heterocycles. The second kappa shape index (κ2) is 10.2. The van der Waals surface area contributed by atoms with Gasteiger partial charge >= 0.3 is 0 Å². The van der Waals surface area contributed by atoms with Gasteiger partial charge in [-0.25, -0.2) is 13.1 Å². The molecule has 0 aliphatic carbocycles. The maximum atomic E-state index is 12.4. The van der Waals surface area contributed by atoms with E-state index in [-0.39, 0.29) is 22.4 Å². The molecule has 152 valence electrons. The minimum atomic E-state index is -3.65. The minimum absolute atomic E-state index is 0.0615. The fourth-order valence-corrected chi connectivity index (χ4v) is 3.71. The average molecular weight is 407 g/mol. The van der Waals surface area contributed by atoms with Crippen molar-refractivity contribution >= 4 is 15.9 Å². The fourth-order valence-electron chi connectivity index (χ4n) is 2.41. The van der Waals surface area contributed by atoms with Gasteiger partial charge in [0.15, 0.2) is 0 Å². The Bertz CT molecular complexity index is 880. The molecule has 7 nitrogen and oxygen atoms in total. The lowest BCUT2D eigenvalue weighted by molar-refractivity contribution is 0.0950. The van der Waals surface area contributed by atoms with Crippen LogP contribution in [-0.4, -0.2) is 40.7 Å². The lowest BCUT2D eigenvalue weighted by Crippen LogP contribution is -2.30. The molecule has 0 saturated carbocycles. The molecular weight excluding hydrogens is 380 g/mol. The van der Waals surface area contributed by atoms with E-state index in [9.17, 15) is 13.2 Å². The van der Waals surface area contributed by atoms with Crippen molar-refractivity contribution in [3.63, 3.8) is 0 Å². The highest BCUT2D eigenvalue weighted by Crippen LogP contribution is 2.14. The first-order valence-electron chi connectivity index (χ1n) is 8.93. The van der Waals surface area contributed by atoms with Crippen molar-refractivity contribution in [2.75, 3.05) is 20.3 Å². The van der Waals surface area contributed by atoms with Gasteiger partial charge in [-0.05, 0) is 49.7 Å². The van der Waals surface area contributed by atoms with E-state index in [2.05, 4.69) is 10.0 Å². The summed E-state index contributed by atoms with van der Waals surface area (Å²) in [5, 5.41) is 2.79. The highest BCUT2D eigenvalue weighted by Gasteiger charge is 2.17. The van der Waals surface area contributed by atoms with Crippen LogP contribution in [0.4, 0.5) is 0 Å². The molecule has 0 heterocycles. The third kappa shape index (κ3) is 6.63. The zero-order valence-corrected chi connectivity index (χ0v) is 17.1. The van der Waals surface area contributed by atoms with E-state index in [4.69, 9.17) is 9.47 Å². The van der Waals surface area contributed by atoms with Crippen molar-refractivity contribution in [2.45, 2.75) is 31.3 Å². The fraction of sp³-hybridized carbons (Fsp3) is 0.350. The zero-order chi connectivity index (χ0) is 20.6. The summed E-state index contributed by atoms with van der Waals surface area (Å²) >= 11 is 0. The number of methoxy groups -OCH3 is 1. The maximum absolute atomic E-state index is 12.4. The summed E-state index contributed by atoms with van der Waals surface area (Å²) in [4.78, 5) is 12.5. The van der Waals surface area contributed by atoms with Crippen molar-refractivity contribution in [1.82, 2.24) is 10.0 Å². The first-order valence-corrected chi connectivity index (χ1v) is 10.4. The van der Waals surface area contributed by atoms with Crippen LogP contribution in [0.15, 0.2) is 53.4 Å². The van der Waals surface area contributed by atoms with Crippen LogP contribution < -0.4 is 14.8 Å². The third-order valence-electron chi connectivity index (χ3n) is 3.73. The van der Waals surface area contributed by atoms with Gasteiger partial charge in [-0.3, -0.25) is 4.79 Å². The number of sulfonamides is 1. The number of amides is 1. The number of hydrogen-bond acceptors (Lipinski definition) is 5. The predicted molar refractivity (Wildman–Crippen MR) is 107 cm³/mol. The number of rotatable bonds is 10. The standard InChI is InChI=1S/C20H26N2O5S/c1-15(2)22-28(24,25)19-6-4-5-17(13-19)20(23)21-14-16-7-9-18(10-8-16)27-12-11-26-3/h4-10,13,15,22H,11-12,14H2,1-3H3,(H,21,23). The minimum Gasteiger partial charge on any atom is -0.491 e. The van der Waals surface area contributed by atoms with Gasteiger partial charge in [-0.15, -0.1) is 0 Å². The molecule has 0 radical (unpaired) electrons. The molecule has 28 heavy (non-hydrogen) atoms. The average Bonchev–Trinajstić information content (AvgIpc) is 2.66. The van der Waals surface area contributed by atoms with Gasteiger partial charge in [0.1, 0.15) is 12.4 Å². The van der Waals surface area contributed by atoms with Crippen LogP contribution in [0.3, 0.4) is 0 Å². The molecule has 2 N–H and O–H groups in total. The highest BCUT2D eigenvalue weighted by atomic mass is 32.2. The van der Waals surface area contributed by atoms with Crippen molar-refractivity contribution in [2.24, 2.45) is 0 Å². The van der Waals surface area contributed by atoms with Gasteiger partial charge in [0.25, 0.3) is 5.91 Å². The first kappa shape index (κ1) is 21.9. The maximum Gasteiger partial charge on any atom is 0.251 e. The molecule has 2 rings (SSSR count). The molecule has 8 heteroatoms. The summed E-state index contributed by atoms with van der Waals surface area (Å²) in [5.41, 5.74) is 1.18. The van der Waals surface area contributed by atoms with Crippen LogP contribution >= 0.6 is 0 Å². The normalized spacial score (nSPS) is 11.4. The molecule has 0 aromatic heterocycles. The van der Waals surface area contributed by atoms with Crippen LogP contribution in [0.25, 0.3) is 0 Å². The molecule has 0 fully saturated rings. The Labute approximate surface area is 166 Å². The summed E-state index contributed by atoms with van der Waals surface area (Å²) < 4.78 is 37.4. The van der Waals surface area contributed by atoms with E-state index < -0.39 is 10.0 Å². The van der Waals surface area contributed by atoms with Gasteiger partial charge in [-0.1, -0.05) is 18.2 Å². The van der Waals surface area contributed by atoms with Crippen LogP contribution in [0.5, 0.6) is 5.75 Å². The third-order valence-corrected chi connectivity index (χ3v) is 5.39. The number of benzene rings is 2. The van der Waals surface area contributed by atoms with Gasteiger partial charge in [0, 0.05) is 25.3 Å². The van der Waals surface area contributed by atoms with E-state index in [1.54, 1.807) is 33.1 Å². The number of hydrogen-bond donors (Lipinski definition) is 2. The quantitative estimate of drug-likeness (QED) is 0.591. The summed E-state index contributed by atoms with van der Waals surface area (Å²) in [5.74, 6) is 0.379. The summed E-state index contributed by atoms with van der Waals surface area (Å²) in [6.45, 7) is 4.78. The van der Waals surface area contributed by atoms with Crippen LogP contribution in [0, 0.1) is 0 Å². The Morgan fingerprint density at radius 1 is 1.07 bits per heavy atom. The molecule has 0 atom stereocenters. The molecule has 0 bridgehead atoms. The van der Waals surface area contributed by atoms with E-state index in [0.717, 1.165) is 11.3 Å². The lowest BCUT2D eigenvalue weighted by atomic mass is 10.2. The van der Waals surface area contributed by atoms with Crippen LogP contribution in [0.1, 0.15) is 29.8 Å². The van der Waals surface area contributed by atoms with E-state index in [0.29, 0.717) is 19.8 Å².